The number of carbonyl (C=O) groups excluding carboxylic acids is 1. The zero-order valence-electron chi connectivity index (χ0n) is 15.4. The van der Waals surface area contributed by atoms with Gasteiger partial charge < -0.3 is 9.72 Å². The van der Waals surface area contributed by atoms with E-state index in [0.29, 0.717) is 11.5 Å². The van der Waals surface area contributed by atoms with Gasteiger partial charge in [-0.2, -0.15) is 8.78 Å². The maximum atomic E-state index is 14.6. The van der Waals surface area contributed by atoms with Gasteiger partial charge in [-0.3, -0.25) is 4.79 Å². The molecule has 6 rings (SSSR count). The van der Waals surface area contributed by atoms with Crippen LogP contribution >= 0.6 is 0 Å². The predicted molar refractivity (Wildman–Crippen MR) is 94.7 cm³/mol. The second-order valence-corrected chi connectivity index (χ2v) is 7.98. The van der Waals surface area contributed by atoms with E-state index in [0.717, 1.165) is 31.4 Å². The standard InChI is InChI=1S/C21H11F6NO3/c22-11-2-8-1-9(19(29)28-12(8)3-10(11)21-4-7(5-21)6-21)20(30)31-18-16(26)14(24)13(23)15(25)17(18)27/h1-3,7H,4-6H2,(H,28,29). The van der Waals surface area contributed by atoms with E-state index in [4.69, 9.17) is 0 Å². The Morgan fingerprint density at radius 2 is 1.48 bits per heavy atom. The number of carbonyl (C=O) groups is 1. The molecule has 1 aromatic heterocycles. The molecule has 1 heterocycles. The minimum Gasteiger partial charge on any atom is -0.416 e. The first kappa shape index (κ1) is 19.7. The summed E-state index contributed by atoms with van der Waals surface area (Å²) >= 11 is 0. The zero-order chi connectivity index (χ0) is 22.2. The molecule has 4 nitrogen and oxygen atoms in total. The number of rotatable bonds is 3. The van der Waals surface area contributed by atoms with Crippen molar-refractivity contribution in [1.29, 1.82) is 0 Å². The predicted octanol–water partition coefficient (Wildman–Crippen LogP) is 4.63. The molecule has 0 unspecified atom stereocenters. The van der Waals surface area contributed by atoms with Crippen molar-refractivity contribution in [1.82, 2.24) is 4.98 Å². The van der Waals surface area contributed by atoms with E-state index < -0.39 is 57.7 Å². The molecule has 0 amide bonds. The maximum absolute atomic E-state index is 14.6. The van der Waals surface area contributed by atoms with Crippen LogP contribution < -0.4 is 10.3 Å². The van der Waals surface area contributed by atoms with E-state index in [1.165, 1.54) is 6.07 Å². The van der Waals surface area contributed by atoms with Crippen molar-refractivity contribution in [3.63, 3.8) is 0 Å². The van der Waals surface area contributed by atoms with E-state index in [2.05, 4.69) is 9.72 Å². The van der Waals surface area contributed by atoms with E-state index in [1.807, 2.05) is 0 Å². The molecular weight excluding hydrogens is 428 g/mol. The van der Waals surface area contributed by atoms with E-state index >= 15 is 0 Å². The van der Waals surface area contributed by atoms with Crippen molar-refractivity contribution in [2.45, 2.75) is 24.7 Å². The molecule has 0 atom stereocenters. The van der Waals surface area contributed by atoms with Gasteiger partial charge in [0.25, 0.3) is 5.56 Å². The number of hydrogen-bond donors (Lipinski definition) is 1. The number of aromatic amines is 1. The Morgan fingerprint density at radius 3 is 2.03 bits per heavy atom. The van der Waals surface area contributed by atoms with Crippen LogP contribution in [-0.2, 0) is 5.41 Å². The van der Waals surface area contributed by atoms with Crippen LogP contribution in [-0.4, -0.2) is 11.0 Å². The van der Waals surface area contributed by atoms with Crippen molar-refractivity contribution in [3.05, 3.63) is 74.6 Å². The van der Waals surface area contributed by atoms with Crippen molar-refractivity contribution in [3.8, 4) is 5.75 Å². The van der Waals surface area contributed by atoms with Crippen molar-refractivity contribution < 1.29 is 35.9 Å². The number of H-pyrrole nitrogens is 1. The van der Waals surface area contributed by atoms with Crippen LogP contribution in [0.15, 0.2) is 23.0 Å². The average Bonchev–Trinajstić information content (AvgIpc) is 2.66. The summed E-state index contributed by atoms with van der Waals surface area (Å²) in [5.74, 6) is -15.2. The molecule has 3 aromatic rings. The first-order chi connectivity index (χ1) is 14.6. The Hall–Kier alpha value is -3.30. The number of nitrogens with one attached hydrogen (secondary N) is 1. The summed E-state index contributed by atoms with van der Waals surface area (Å²) < 4.78 is 86.2. The second kappa shape index (κ2) is 6.35. The third-order valence-electron chi connectivity index (χ3n) is 6.13. The van der Waals surface area contributed by atoms with Crippen LogP contribution in [0.3, 0.4) is 0 Å². The van der Waals surface area contributed by atoms with Crippen LogP contribution in [0.25, 0.3) is 10.9 Å². The van der Waals surface area contributed by atoms with Crippen LogP contribution in [0.2, 0.25) is 0 Å². The maximum Gasteiger partial charge on any atom is 0.349 e. The molecule has 2 bridgehead atoms. The summed E-state index contributed by atoms with van der Waals surface area (Å²) in [5.41, 5.74) is -1.36. The molecule has 31 heavy (non-hydrogen) atoms. The molecule has 3 aliphatic carbocycles. The molecule has 3 aliphatic rings. The number of aromatic nitrogens is 1. The highest BCUT2D eigenvalue weighted by Crippen LogP contribution is 2.65. The lowest BCUT2D eigenvalue weighted by molar-refractivity contribution is -0.0299. The highest BCUT2D eigenvalue weighted by atomic mass is 19.2. The summed E-state index contributed by atoms with van der Waals surface area (Å²) in [6.07, 6.45) is 2.60. The summed E-state index contributed by atoms with van der Waals surface area (Å²) in [4.78, 5) is 26.9. The third-order valence-corrected chi connectivity index (χ3v) is 6.13. The highest BCUT2D eigenvalue weighted by molar-refractivity contribution is 5.95. The quantitative estimate of drug-likeness (QED) is 0.213. The lowest BCUT2D eigenvalue weighted by Crippen LogP contribution is -2.55. The molecule has 3 saturated carbocycles. The highest BCUT2D eigenvalue weighted by Gasteiger charge is 2.58. The molecule has 0 aliphatic heterocycles. The molecular formula is C21H11F6NO3. The Bertz CT molecular complexity index is 1320. The fraction of sp³-hybridized carbons (Fsp3) is 0.238. The van der Waals surface area contributed by atoms with Gasteiger partial charge in [-0.25, -0.2) is 22.4 Å². The van der Waals surface area contributed by atoms with Gasteiger partial charge in [-0.05, 0) is 54.4 Å². The zero-order valence-corrected chi connectivity index (χ0v) is 15.4. The number of benzene rings is 2. The van der Waals surface area contributed by atoms with E-state index in [1.54, 1.807) is 0 Å². The first-order valence-corrected chi connectivity index (χ1v) is 9.22. The van der Waals surface area contributed by atoms with Gasteiger partial charge in [0.1, 0.15) is 11.4 Å². The molecule has 1 N–H and O–H groups in total. The summed E-state index contributed by atoms with van der Waals surface area (Å²) in [7, 11) is 0. The molecule has 3 fully saturated rings. The number of esters is 1. The van der Waals surface area contributed by atoms with Gasteiger partial charge in [0, 0.05) is 10.9 Å². The van der Waals surface area contributed by atoms with Gasteiger partial charge in [0.05, 0.1) is 0 Å². The molecule has 0 radical (unpaired) electrons. The number of hydrogen-bond acceptors (Lipinski definition) is 3. The van der Waals surface area contributed by atoms with E-state index in [-0.39, 0.29) is 16.3 Å². The smallest absolute Gasteiger partial charge is 0.349 e. The minimum atomic E-state index is -2.42. The SMILES string of the molecule is O=C(Oc1c(F)c(F)c(F)c(F)c1F)c1cc2cc(F)c(C34CC(C3)C4)cc2[nH]c1=O. The van der Waals surface area contributed by atoms with Crippen molar-refractivity contribution in [2.24, 2.45) is 5.92 Å². The normalized spacial score (nSPS) is 21.5. The third kappa shape index (κ3) is 2.70. The van der Waals surface area contributed by atoms with Crippen LogP contribution in [0.1, 0.15) is 35.2 Å². The van der Waals surface area contributed by atoms with Crippen LogP contribution in [0.5, 0.6) is 5.75 Å². The Morgan fingerprint density at radius 1 is 0.903 bits per heavy atom. The van der Waals surface area contributed by atoms with Gasteiger partial charge in [0.2, 0.25) is 34.8 Å². The molecule has 0 saturated heterocycles. The fourth-order valence-electron chi connectivity index (χ4n) is 4.42. The summed E-state index contributed by atoms with van der Waals surface area (Å²) in [6, 6.07) is 3.52. The molecule has 2 aromatic carbocycles. The minimum absolute atomic E-state index is 0.0943. The fourth-order valence-corrected chi connectivity index (χ4v) is 4.42. The first-order valence-electron chi connectivity index (χ1n) is 9.22. The van der Waals surface area contributed by atoms with Crippen LogP contribution in [0, 0.1) is 40.8 Å². The monoisotopic (exact) mass is 439 g/mol. The Balaban J connectivity index is 1.53. The van der Waals surface area contributed by atoms with Gasteiger partial charge in [0.15, 0.2) is 0 Å². The lowest BCUT2D eigenvalue weighted by atomic mass is 9.42. The Labute approximate surface area is 169 Å². The lowest BCUT2D eigenvalue weighted by Gasteiger charge is -2.62. The van der Waals surface area contributed by atoms with E-state index in [9.17, 15) is 35.9 Å². The molecule has 0 spiro atoms. The van der Waals surface area contributed by atoms with Crippen molar-refractivity contribution in [2.75, 3.05) is 0 Å². The van der Waals surface area contributed by atoms with Gasteiger partial charge in [-0.15, -0.1) is 0 Å². The van der Waals surface area contributed by atoms with Crippen molar-refractivity contribution >= 4 is 16.9 Å². The number of fused-ring (bicyclic) bond motifs is 1. The van der Waals surface area contributed by atoms with Crippen LogP contribution in [0.4, 0.5) is 26.3 Å². The largest absolute Gasteiger partial charge is 0.416 e. The Kier molecular flexibility index (Phi) is 4.03. The summed E-state index contributed by atoms with van der Waals surface area (Å²) in [5, 5.41) is 0.0943. The van der Waals surface area contributed by atoms with Gasteiger partial charge in [-0.1, -0.05) is 0 Å². The number of pyridine rings is 1. The average molecular weight is 439 g/mol. The number of ether oxygens (including phenoxy) is 1. The van der Waals surface area contributed by atoms with Gasteiger partial charge >= 0.3 is 5.97 Å². The summed E-state index contributed by atoms with van der Waals surface area (Å²) in [6.45, 7) is 0. The number of halogens is 6. The topological polar surface area (TPSA) is 59.2 Å². The molecule has 160 valence electrons. The molecule has 10 heteroatoms. The second-order valence-electron chi connectivity index (χ2n) is 7.98.